The van der Waals surface area contributed by atoms with Gasteiger partial charge in [-0.1, -0.05) is 13.8 Å². The first kappa shape index (κ1) is 7.03. The van der Waals surface area contributed by atoms with E-state index in [2.05, 4.69) is 13.8 Å². The highest BCUT2D eigenvalue weighted by Crippen LogP contribution is 2.25. The smallest absolute Gasteiger partial charge is 0.157 e. The Hall–Kier alpha value is -0.0800. The fourth-order valence-electron chi connectivity index (χ4n) is 1.25. The highest BCUT2D eigenvalue weighted by molar-refractivity contribution is 4.70. The summed E-state index contributed by atoms with van der Waals surface area (Å²) in [5.41, 5.74) is 0. The van der Waals surface area contributed by atoms with E-state index in [-0.39, 0.29) is 0 Å². The summed E-state index contributed by atoms with van der Waals surface area (Å²) in [6, 6.07) is 0. The highest BCUT2D eigenvalue weighted by atomic mass is 16.6. The van der Waals surface area contributed by atoms with Crippen LogP contribution < -0.4 is 0 Å². The Morgan fingerprint density at radius 3 is 2.44 bits per heavy atom. The van der Waals surface area contributed by atoms with Crippen molar-refractivity contribution in [3.63, 3.8) is 0 Å². The van der Waals surface area contributed by atoms with Gasteiger partial charge in [0.05, 0.1) is 6.61 Å². The minimum absolute atomic E-state index is 0.366. The summed E-state index contributed by atoms with van der Waals surface area (Å²) in [6.07, 6.45) is 0.517. The van der Waals surface area contributed by atoms with Crippen LogP contribution >= 0.6 is 0 Å². The van der Waals surface area contributed by atoms with Crippen LogP contribution in [0.4, 0.5) is 0 Å². The van der Waals surface area contributed by atoms with E-state index >= 15 is 0 Å². The lowest BCUT2D eigenvalue weighted by Crippen LogP contribution is -2.19. The summed E-state index contributed by atoms with van der Waals surface area (Å²) in [5, 5.41) is 9.14. The van der Waals surface area contributed by atoms with Crippen LogP contribution in [-0.4, -0.2) is 18.0 Å². The average Bonchev–Trinajstić information content (AvgIpc) is 2.13. The molecule has 0 spiro atoms. The van der Waals surface area contributed by atoms with Gasteiger partial charge in [-0.05, 0) is 12.3 Å². The van der Waals surface area contributed by atoms with Gasteiger partial charge in [0, 0.05) is 5.92 Å². The molecule has 0 bridgehead atoms. The first-order valence-electron chi connectivity index (χ1n) is 3.51. The Bertz CT molecular complexity index is 90.9. The molecule has 9 heavy (non-hydrogen) atoms. The average molecular weight is 130 g/mol. The van der Waals surface area contributed by atoms with Crippen LogP contribution in [-0.2, 0) is 4.74 Å². The first-order valence-corrected chi connectivity index (χ1v) is 3.51. The fourth-order valence-corrected chi connectivity index (χ4v) is 1.25. The van der Waals surface area contributed by atoms with Crippen molar-refractivity contribution in [3.8, 4) is 0 Å². The normalized spacial score (nSPS) is 36.0. The van der Waals surface area contributed by atoms with Crippen LogP contribution in [0, 0.1) is 11.8 Å². The minimum Gasteiger partial charge on any atom is -0.368 e. The highest BCUT2D eigenvalue weighted by Gasteiger charge is 2.28. The van der Waals surface area contributed by atoms with E-state index in [4.69, 9.17) is 9.84 Å². The summed E-state index contributed by atoms with van der Waals surface area (Å²) in [4.78, 5) is 0. The molecule has 2 nitrogen and oxygen atoms in total. The first-order chi connectivity index (χ1) is 4.22. The third kappa shape index (κ3) is 1.43. The molecule has 1 aliphatic rings. The monoisotopic (exact) mass is 130 g/mol. The topological polar surface area (TPSA) is 29.5 Å². The maximum atomic E-state index is 9.14. The van der Waals surface area contributed by atoms with Crippen LogP contribution in [0.15, 0.2) is 0 Å². The molecular weight excluding hydrogens is 116 g/mol. The zero-order valence-electron chi connectivity index (χ0n) is 6.00. The molecule has 0 aromatic rings. The maximum Gasteiger partial charge on any atom is 0.157 e. The number of hydrogen-bond acceptors (Lipinski definition) is 2. The van der Waals surface area contributed by atoms with Crippen molar-refractivity contribution in [3.05, 3.63) is 0 Å². The Morgan fingerprint density at radius 1 is 1.56 bits per heavy atom. The van der Waals surface area contributed by atoms with E-state index < -0.39 is 6.29 Å². The van der Waals surface area contributed by atoms with Crippen LogP contribution in [0.2, 0.25) is 0 Å². The lowest BCUT2D eigenvalue weighted by Gasteiger charge is -2.15. The maximum absolute atomic E-state index is 9.14. The molecule has 0 aliphatic carbocycles. The third-order valence-electron chi connectivity index (χ3n) is 1.96. The van der Waals surface area contributed by atoms with Gasteiger partial charge in [0.25, 0.3) is 0 Å². The summed E-state index contributed by atoms with van der Waals surface area (Å²) >= 11 is 0. The molecule has 1 heterocycles. The predicted octanol–water partition coefficient (Wildman–Crippen LogP) is 0.997. The molecule has 1 N–H and O–H groups in total. The number of aliphatic hydroxyl groups excluding tert-OH is 1. The Balaban J connectivity index is 2.40. The fraction of sp³-hybridized carbons (Fsp3) is 1.00. The van der Waals surface area contributed by atoms with Crippen molar-refractivity contribution in [2.24, 2.45) is 11.8 Å². The van der Waals surface area contributed by atoms with E-state index in [9.17, 15) is 0 Å². The standard InChI is InChI=1S/C7H14O2/c1-5(2)6-3-4-9-7(6)8/h5-8H,3-4H2,1-2H3. The SMILES string of the molecule is CC(C)C1CCOC1O. The van der Waals surface area contributed by atoms with Crippen molar-refractivity contribution >= 4 is 0 Å². The predicted molar refractivity (Wildman–Crippen MR) is 34.9 cm³/mol. The number of ether oxygens (including phenoxy) is 1. The summed E-state index contributed by atoms with van der Waals surface area (Å²) in [6.45, 7) is 4.95. The van der Waals surface area contributed by atoms with Crippen LogP contribution in [0.25, 0.3) is 0 Å². The van der Waals surface area contributed by atoms with Crippen LogP contribution in [0.5, 0.6) is 0 Å². The lowest BCUT2D eigenvalue weighted by atomic mass is 9.94. The van der Waals surface area contributed by atoms with Gasteiger partial charge in [-0.2, -0.15) is 0 Å². The second-order valence-corrected chi connectivity index (χ2v) is 2.96. The number of rotatable bonds is 1. The molecule has 1 saturated heterocycles. The van der Waals surface area contributed by atoms with Gasteiger partial charge in [-0.25, -0.2) is 0 Å². The zero-order valence-corrected chi connectivity index (χ0v) is 6.00. The van der Waals surface area contributed by atoms with Gasteiger partial charge in [-0.3, -0.25) is 0 Å². The molecule has 2 unspecified atom stereocenters. The minimum atomic E-state index is -0.495. The lowest BCUT2D eigenvalue weighted by molar-refractivity contribution is -0.0901. The van der Waals surface area contributed by atoms with Gasteiger partial charge in [0.1, 0.15) is 0 Å². The molecule has 0 aromatic heterocycles. The van der Waals surface area contributed by atoms with E-state index in [0.717, 1.165) is 13.0 Å². The van der Waals surface area contributed by atoms with E-state index in [0.29, 0.717) is 11.8 Å². The molecule has 1 aliphatic heterocycles. The van der Waals surface area contributed by atoms with Gasteiger partial charge >= 0.3 is 0 Å². The largest absolute Gasteiger partial charge is 0.368 e. The molecule has 1 rings (SSSR count). The Kier molecular flexibility index (Phi) is 2.09. The number of aliphatic hydroxyl groups is 1. The Labute approximate surface area is 55.8 Å². The van der Waals surface area contributed by atoms with Crippen molar-refractivity contribution in [2.75, 3.05) is 6.61 Å². The second kappa shape index (κ2) is 2.67. The van der Waals surface area contributed by atoms with Crippen LogP contribution in [0.3, 0.4) is 0 Å². The molecule has 0 aromatic carbocycles. The number of hydrogen-bond donors (Lipinski definition) is 1. The summed E-state index contributed by atoms with van der Waals surface area (Å²) in [5.74, 6) is 0.910. The van der Waals surface area contributed by atoms with Crippen molar-refractivity contribution in [1.82, 2.24) is 0 Å². The van der Waals surface area contributed by atoms with Gasteiger partial charge in [0.2, 0.25) is 0 Å². The Morgan fingerprint density at radius 2 is 2.22 bits per heavy atom. The molecule has 54 valence electrons. The molecular formula is C7H14O2. The van der Waals surface area contributed by atoms with Gasteiger partial charge < -0.3 is 9.84 Å². The summed E-state index contributed by atoms with van der Waals surface area (Å²) in [7, 11) is 0. The van der Waals surface area contributed by atoms with Crippen molar-refractivity contribution in [2.45, 2.75) is 26.6 Å². The molecule has 1 fully saturated rings. The molecule has 2 heteroatoms. The van der Waals surface area contributed by atoms with Gasteiger partial charge in [0.15, 0.2) is 6.29 Å². The van der Waals surface area contributed by atoms with Crippen LogP contribution in [0.1, 0.15) is 20.3 Å². The quantitative estimate of drug-likeness (QED) is 0.573. The zero-order chi connectivity index (χ0) is 6.85. The van der Waals surface area contributed by atoms with E-state index in [1.165, 1.54) is 0 Å². The molecule has 0 radical (unpaired) electrons. The van der Waals surface area contributed by atoms with Gasteiger partial charge in [-0.15, -0.1) is 0 Å². The van der Waals surface area contributed by atoms with Crippen molar-refractivity contribution < 1.29 is 9.84 Å². The van der Waals surface area contributed by atoms with Crippen molar-refractivity contribution in [1.29, 1.82) is 0 Å². The van der Waals surface area contributed by atoms with E-state index in [1.54, 1.807) is 0 Å². The molecule has 0 saturated carbocycles. The molecule has 2 atom stereocenters. The van der Waals surface area contributed by atoms with E-state index in [1.807, 2.05) is 0 Å². The third-order valence-corrected chi connectivity index (χ3v) is 1.96. The second-order valence-electron chi connectivity index (χ2n) is 2.96. The summed E-state index contributed by atoms with van der Waals surface area (Å²) < 4.78 is 4.98. The molecule has 0 amide bonds.